The molecule has 0 aliphatic carbocycles. The third kappa shape index (κ3) is 3.46. The number of nitrogens with zero attached hydrogens (tertiary/aromatic N) is 3. The van der Waals surface area contributed by atoms with E-state index in [4.69, 9.17) is 16.3 Å². The molecule has 1 heterocycles. The minimum Gasteiger partial charge on any atom is -0.496 e. The average molecular weight is 341 g/mol. The van der Waals surface area contributed by atoms with Crippen LogP contribution in [0.4, 0.5) is 0 Å². The topological polar surface area (TPSA) is 63.2 Å². The summed E-state index contributed by atoms with van der Waals surface area (Å²) >= 11 is 5.96. The average Bonchev–Trinajstić information content (AvgIpc) is 3.05. The molecule has 0 atom stereocenters. The Morgan fingerprint density at radius 2 is 1.96 bits per heavy atom. The van der Waals surface area contributed by atoms with E-state index in [0.29, 0.717) is 5.69 Å². The van der Waals surface area contributed by atoms with Crippen LogP contribution < -0.4 is 4.74 Å². The maximum absolute atomic E-state index is 5.96. The number of benzene rings is 2. The molecule has 0 saturated carbocycles. The highest BCUT2D eigenvalue weighted by molar-refractivity contribution is 6.30. The summed E-state index contributed by atoms with van der Waals surface area (Å²) < 4.78 is 5.50. The molecule has 1 N–H and O–H groups in total. The highest BCUT2D eigenvalue weighted by Gasteiger charge is 2.12. The quantitative estimate of drug-likeness (QED) is 0.719. The summed E-state index contributed by atoms with van der Waals surface area (Å²) in [5.74, 6) is 0.836. The molecule has 24 heavy (non-hydrogen) atoms. The zero-order valence-electron chi connectivity index (χ0n) is 13.5. The normalized spacial score (nSPS) is 11.1. The van der Waals surface area contributed by atoms with Gasteiger partial charge in [0, 0.05) is 24.1 Å². The number of aromatic nitrogens is 3. The Bertz CT molecular complexity index is 856. The van der Waals surface area contributed by atoms with Gasteiger partial charge in [-0.3, -0.25) is 4.99 Å². The van der Waals surface area contributed by atoms with Crippen LogP contribution in [-0.2, 0) is 6.42 Å². The zero-order chi connectivity index (χ0) is 16.9. The van der Waals surface area contributed by atoms with E-state index in [0.717, 1.165) is 39.6 Å². The summed E-state index contributed by atoms with van der Waals surface area (Å²) in [5.41, 5.74) is 4.66. The highest BCUT2D eigenvalue weighted by Crippen LogP contribution is 2.28. The molecule has 0 aliphatic rings. The molecule has 2 aromatic carbocycles. The van der Waals surface area contributed by atoms with Crippen molar-refractivity contribution in [2.75, 3.05) is 14.2 Å². The van der Waals surface area contributed by atoms with Crippen molar-refractivity contribution in [3.8, 4) is 17.0 Å². The Hall–Kier alpha value is -2.66. The molecule has 6 heteroatoms. The van der Waals surface area contributed by atoms with Crippen LogP contribution in [0, 0.1) is 0 Å². The second kappa shape index (κ2) is 7.27. The second-order valence-electron chi connectivity index (χ2n) is 5.27. The van der Waals surface area contributed by atoms with Gasteiger partial charge < -0.3 is 4.74 Å². The Kier molecular flexibility index (Phi) is 4.91. The predicted molar refractivity (Wildman–Crippen MR) is 96.1 cm³/mol. The molecule has 122 valence electrons. The Labute approximate surface area is 145 Å². The van der Waals surface area contributed by atoms with Gasteiger partial charge in [-0.2, -0.15) is 15.4 Å². The Morgan fingerprint density at radius 1 is 1.17 bits per heavy atom. The van der Waals surface area contributed by atoms with Crippen molar-refractivity contribution in [2.45, 2.75) is 6.42 Å². The largest absolute Gasteiger partial charge is 0.496 e. The van der Waals surface area contributed by atoms with Crippen molar-refractivity contribution in [3.05, 3.63) is 64.3 Å². The number of aliphatic imine (C=N–C) groups is 1. The van der Waals surface area contributed by atoms with Crippen LogP contribution in [0.25, 0.3) is 11.3 Å². The van der Waals surface area contributed by atoms with Gasteiger partial charge >= 0.3 is 0 Å². The molecular formula is C18H17ClN4O. The molecule has 0 spiro atoms. The van der Waals surface area contributed by atoms with Crippen LogP contribution in [0.5, 0.6) is 5.75 Å². The molecule has 0 bridgehead atoms. The molecule has 3 rings (SSSR count). The lowest BCUT2D eigenvalue weighted by Gasteiger charge is -2.10. The third-order valence-corrected chi connectivity index (χ3v) is 3.94. The lowest BCUT2D eigenvalue weighted by atomic mass is 10.00. The van der Waals surface area contributed by atoms with Gasteiger partial charge in [0.25, 0.3) is 0 Å². The number of ether oxygens (including phenoxy) is 1. The number of nitrogens with one attached hydrogen (secondary N) is 1. The van der Waals surface area contributed by atoms with Crippen LogP contribution in [0.15, 0.2) is 47.5 Å². The number of rotatable bonds is 5. The monoisotopic (exact) mass is 340 g/mol. The zero-order valence-corrected chi connectivity index (χ0v) is 14.2. The summed E-state index contributed by atoms with van der Waals surface area (Å²) in [6.45, 7) is 0. The lowest BCUT2D eigenvalue weighted by Crippen LogP contribution is -1.96. The summed E-state index contributed by atoms with van der Waals surface area (Å²) in [4.78, 5) is 4.01. The van der Waals surface area contributed by atoms with Gasteiger partial charge in [-0.05, 0) is 41.5 Å². The molecular weight excluding hydrogens is 324 g/mol. The smallest absolute Gasteiger partial charge is 0.131 e. The summed E-state index contributed by atoms with van der Waals surface area (Å²) in [6, 6.07) is 13.8. The van der Waals surface area contributed by atoms with Crippen molar-refractivity contribution < 1.29 is 4.74 Å². The summed E-state index contributed by atoms with van der Waals surface area (Å²) in [5, 5.41) is 11.7. The van der Waals surface area contributed by atoms with Crippen LogP contribution in [0.1, 0.15) is 16.8 Å². The molecule has 5 nitrogen and oxygen atoms in total. The van der Waals surface area contributed by atoms with E-state index in [-0.39, 0.29) is 0 Å². The first-order valence-electron chi connectivity index (χ1n) is 7.46. The number of H-pyrrole nitrogens is 1. The molecule has 0 saturated heterocycles. The van der Waals surface area contributed by atoms with E-state index < -0.39 is 0 Å². The third-order valence-electron chi connectivity index (χ3n) is 3.69. The first kappa shape index (κ1) is 16.2. The van der Waals surface area contributed by atoms with Crippen LogP contribution in [0.2, 0.25) is 5.02 Å². The fourth-order valence-electron chi connectivity index (χ4n) is 2.55. The van der Waals surface area contributed by atoms with Gasteiger partial charge in [-0.25, -0.2) is 0 Å². The number of hydrogen-bond acceptors (Lipinski definition) is 4. The van der Waals surface area contributed by atoms with Gasteiger partial charge in [0.15, 0.2) is 0 Å². The van der Waals surface area contributed by atoms with Crippen LogP contribution >= 0.6 is 11.6 Å². The highest BCUT2D eigenvalue weighted by atomic mass is 35.5. The number of aromatic amines is 1. The Balaban J connectivity index is 1.99. The van der Waals surface area contributed by atoms with Gasteiger partial charge in [0.1, 0.15) is 17.1 Å². The van der Waals surface area contributed by atoms with E-state index in [1.807, 2.05) is 36.4 Å². The SMILES string of the molecule is CN=Cc1n[nH]nc1-c1ccc(OC)c(Cc2ccc(Cl)cc2)c1. The second-order valence-corrected chi connectivity index (χ2v) is 5.71. The van der Waals surface area contributed by atoms with Gasteiger partial charge in [-0.1, -0.05) is 23.7 Å². The van der Waals surface area contributed by atoms with E-state index in [1.54, 1.807) is 20.4 Å². The van der Waals surface area contributed by atoms with Gasteiger partial charge in [0.2, 0.25) is 0 Å². The van der Waals surface area contributed by atoms with Crippen molar-refractivity contribution in [1.82, 2.24) is 15.4 Å². The molecule has 0 unspecified atom stereocenters. The van der Waals surface area contributed by atoms with E-state index in [2.05, 4.69) is 26.5 Å². The van der Waals surface area contributed by atoms with Crippen LogP contribution in [-0.4, -0.2) is 35.8 Å². The molecule has 0 amide bonds. The first-order chi connectivity index (χ1) is 11.7. The Morgan fingerprint density at radius 3 is 2.67 bits per heavy atom. The molecule has 0 fully saturated rings. The lowest BCUT2D eigenvalue weighted by molar-refractivity contribution is 0.410. The van der Waals surface area contributed by atoms with Crippen molar-refractivity contribution in [3.63, 3.8) is 0 Å². The molecule has 1 aromatic heterocycles. The maximum atomic E-state index is 5.96. The fraction of sp³-hybridized carbons (Fsp3) is 0.167. The molecule has 3 aromatic rings. The van der Waals surface area contributed by atoms with E-state index in [1.165, 1.54) is 0 Å². The van der Waals surface area contributed by atoms with E-state index >= 15 is 0 Å². The fourth-order valence-corrected chi connectivity index (χ4v) is 2.68. The van der Waals surface area contributed by atoms with Crippen molar-refractivity contribution in [2.24, 2.45) is 4.99 Å². The maximum Gasteiger partial charge on any atom is 0.131 e. The predicted octanol–water partition coefficient (Wildman–Crippen LogP) is 3.77. The minimum atomic E-state index is 0.708. The first-order valence-corrected chi connectivity index (χ1v) is 7.83. The van der Waals surface area contributed by atoms with Crippen molar-refractivity contribution in [1.29, 1.82) is 0 Å². The minimum absolute atomic E-state index is 0.708. The van der Waals surface area contributed by atoms with Crippen molar-refractivity contribution >= 4 is 17.8 Å². The summed E-state index contributed by atoms with van der Waals surface area (Å²) in [6.07, 6.45) is 2.42. The number of methoxy groups -OCH3 is 1. The molecule has 0 radical (unpaired) electrons. The molecule has 0 aliphatic heterocycles. The number of halogens is 1. The number of hydrogen-bond donors (Lipinski definition) is 1. The summed E-state index contributed by atoms with van der Waals surface area (Å²) in [7, 11) is 3.38. The standard InChI is InChI=1S/C18H17ClN4O/c1-20-11-16-18(22-23-21-16)13-5-8-17(24-2)14(10-13)9-12-3-6-15(19)7-4-12/h3-8,10-11H,9H2,1-2H3,(H,21,22,23). The van der Waals surface area contributed by atoms with Gasteiger partial charge in [0.05, 0.1) is 13.3 Å². The van der Waals surface area contributed by atoms with E-state index in [9.17, 15) is 0 Å². The van der Waals surface area contributed by atoms with Gasteiger partial charge in [-0.15, -0.1) is 0 Å². The van der Waals surface area contributed by atoms with Crippen LogP contribution in [0.3, 0.4) is 0 Å².